The third-order valence-corrected chi connectivity index (χ3v) is 5.84. The maximum atomic E-state index is 13.9. The smallest absolute Gasteiger partial charge is 0.410 e. The molecule has 0 aliphatic carbocycles. The van der Waals surface area contributed by atoms with E-state index in [1.165, 1.54) is 6.07 Å². The first-order valence-corrected chi connectivity index (χ1v) is 10.5. The average Bonchev–Trinajstić information content (AvgIpc) is 3.43. The molecule has 0 radical (unpaired) electrons. The molecule has 1 amide bonds. The van der Waals surface area contributed by atoms with Gasteiger partial charge in [0, 0.05) is 24.1 Å². The maximum Gasteiger partial charge on any atom is 0.410 e. The molecule has 3 heterocycles. The summed E-state index contributed by atoms with van der Waals surface area (Å²) in [4.78, 5) is 12.6. The summed E-state index contributed by atoms with van der Waals surface area (Å²) in [5.74, 6) is 0.572. The number of fused-ring (bicyclic) bond motifs is 2. The van der Waals surface area contributed by atoms with E-state index in [9.17, 15) is 18.0 Å². The third-order valence-electron chi connectivity index (χ3n) is 5.59. The number of aromatic nitrogens is 2. The number of rotatable bonds is 4. The van der Waals surface area contributed by atoms with Crippen LogP contribution in [0.4, 0.5) is 19.0 Å². The molecule has 0 fully saturated rings. The summed E-state index contributed by atoms with van der Waals surface area (Å²) in [7, 11) is 0. The predicted octanol–water partition coefficient (Wildman–Crippen LogP) is 4.86. The molecular weight excluding hydrogens is 461 g/mol. The Morgan fingerprint density at radius 1 is 1.15 bits per heavy atom. The highest BCUT2D eigenvalue weighted by Gasteiger charge is 2.47. The number of nitrogens with zero attached hydrogens (tertiary/aromatic N) is 2. The highest BCUT2D eigenvalue weighted by Crippen LogP contribution is 2.45. The molecule has 5 rings (SSSR count). The molecule has 172 valence electrons. The minimum absolute atomic E-state index is 0.0727. The lowest BCUT2D eigenvalue weighted by Gasteiger charge is -2.33. The SMILES string of the molecule is O=C(NCc1ccc(Cl)cc1)c1cc2n(n1)[C@@H](C(F)(F)F)C[C@H](c1ccc3c(c1)OCO3)N2. The summed E-state index contributed by atoms with van der Waals surface area (Å²) in [5.41, 5.74) is 1.31. The Kier molecular flexibility index (Phi) is 5.32. The predicted molar refractivity (Wildman–Crippen MR) is 113 cm³/mol. The number of halogens is 4. The standard InChI is InChI=1S/C22H18ClF3N4O3/c23-14-4-1-12(2-5-14)10-27-21(31)16-9-20-28-15(8-19(22(24,25)26)30(20)29-16)13-3-6-17-18(7-13)33-11-32-17/h1-7,9,15,19,28H,8,10-11H2,(H,27,31)/t15-,19-/m1/s1. The van der Waals surface area contributed by atoms with Crippen LogP contribution < -0.4 is 20.1 Å². The van der Waals surface area contributed by atoms with Crippen molar-refractivity contribution in [1.29, 1.82) is 0 Å². The third kappa shape index (κ3) is 4.30. The van der Waals surface area contributed by atoms with Gasteiger partial charge in [0.25, 0.3) is 5.91 Å². The molecule has 0 saturated heterocycles. The van der Waals surface area contributed by atoms with Crippen molar-refractivity contribution < 1.29 is 27.4 Å². The van der Waals surface area contributed by atoms with Gasteiger partial charge in [-0.05, 0) is 35.4 Å². The Morgan fingerprint density at radius 3 is 2.67 bits per heavy atom. The zero-order valence-corrected chi connectivity index (χ0v) is 17.8. The number of hydrogen-bond acceptors (Lipinski definition) is 5. The molecule has 3 aromatic rings. The lowest BCUT2D eigenvalue weighted by atomic mass is 9.96. The Hall–Kier alpha value is -3.40. The highest BCUT2D eigenvalue weighted by atomic mass is 35.5. The zero-order chi connectivity index (χ0) is 23.2. The summed E-state index contributed by atoms with van der Waals surface area (Å²) in [6.07, 6.45) is -4.84. The summed E-state index contributed by atoms with van der Waals surface area (Å²) >= 11 is 5.85. The van der Waals surface area contributed by atoms with Crippen LogP contribution in [0.3, 0.4) is 0 Å². The lowest BCUT2D eigenvalue weighted by molar-refractivity contribution is -0.173. The first-order valence-electron chi connectivity index (χ1n) is 10.1. The van der Waals surface area contributed by atoms with Crippen molar-refractivity contribution in [3.63, 3.8) is 0 Å². The molecule has 2 aliphatic rings. The van der Waals surface area contributed by atoms with Crippen LogP contribution in [0.2, 0.25) is 5.02 Å². The topological polar surface area (TPSA) is 77.4 Å². The Bertz CT molecular complexity index is 1200. The van der Waals surface area contributed by atoms with E-state index in [-0.39, 0.29) is 31.3 Å². The summed E-state index contributed by atoms with van der Waals surface area (Å²) in [5, 5.41) is 10.3. The molecule has 2 atom stereocenters. The van der Waals surface area contributed by atoms with Crippen molar-refractivity contribution in [2.45, 2.75) is 31.2 Å². The van der Waals surface area contributed by atoms with E-state index in [4.69, 9.17) is 21.1 Å². The van der Waals surface area contributed by atoms with Crippen molar-refractivity contribution in [3.8, 4) is 11.5 Å². The summed E-state index contributed by atoms with van der Waals surface area (Å²) < 4.78 is 53.1. The average molecular weight is 479 g/mol. The fourth-order valence-corrected chi connectivity index (χ4v) is 4.03. The Morgan fingerprint density at radius 2 is 1.91 bits per heavy atom. The van der Waals surface area contributed by atoms with E-state index in [0.717, 1.165) is 10.2 Å². The molecule has 2 aromatic carbocycles. The number of anilines is 1. The maximum absolute atomic E-state index is 13.9. The quantitative estimate of drug-likeness (QED) is 0.560. The van der Waals surface area contributed by atoms with Crippen LogP contribution in [-0.4, -0.2) is 28.7 Å². The summed E-state index contributed by atoms with van der Waals surface area (Å²) in [6, 6.07) is 10.7. The Labute approximate surface area is 191 Å². The molecule has 33 heavy (non-hydrogen) atoms. The molecule has 2 N–H and O–H groups in total. The van der Waals surface area contributed by atoms with Crippen LogP contribution in [0.5, 0.6) is 11.5 Å². The fourth-order valence-electron chi connectivity index (χ4n) is 3.91. The first kappa shape index (κ1) is 21.4. The van der Waals surface area contributed by atoms with Crippen LogP contribution in [0, 0.1) is 0 Å². The van der Waals surface area contributed by atoms with Gasteiger partial charge in [0.05, 0.1) is 6.04 Å². The van der Waals surface area contributed by atoms with E-state index in [0.29, 0.717) is 22.1 Å². The minimum atomic E-state index is -4.55. The number of hydrogen-bond donors (Lipinski definition) is 2. The number of carbonyl (C=O) groups is 1. The van der Waals surface area contributed by atoms with Gasteiger partial charge in [0.15, 0.2) is 23.2 Å². The number of carbonyl (C=O) groups excluding carboxylic acids is 1. The van der Waals surface area contributed by atoms with Gasteiger partial charge in [-0.2, -0.15) is 18.3 Å². The van der Waals surface area contributed by atoms with Gasteiger partial charge in [0.2, 0.25) is 6.79 Å². The van der Waals surface area contributed by atoms with Crippen molar-refractivity contribution in [2.75, 3.05) is 12.1 Å². The molecular formula is C22H18ClF3N4O3. The number of nitrogens with one attached hydrogen (secondary N) is 2. The van der Waals surface area contributed by atoms with E-state index in [2.05, 4.69) is 15.7 Å². The summed E-state index contributed by atoms with van der Waals surface area (Å²) in [6.45, 7) is 0.261. The molecule has 0 saturated carbocycles. The van der Waals surface area contributed by atoms with E-state index < -0.39 is 24.2 Å². The number of amides is 1. The van der Waals surface area contributed by atoms with Crippen LogP contribution >= 0.6 is 11.6 Å². The fraction of sp³-hybridized carbons (Fsp3) is 0.273. The van der Waals surface area contributed by atoms with Gasteiger partial charge in [-0.1, -0.05) is 29.8 Å². The largest absolute Gasteiger partial charge is 0.454 e. The van der Waals surface area contributed by atoms with Gasteiger partial charge in [0.1, 0.15) is 5.82 Å². The number of alkyl halides is 3. The van der Waals surface area contributed by atoms with Gasteiger partial charge in [-0.15, -0.1) is 0 Å². The van der Waals surface area contributed by atoms with Crippen molar-refractivity contribution in [2.24, 2.45) is 0 Å². The second-order valence-corrected chi connectivity index (χ2v) is 8.21. The first-order chi connectivity index (χ1) is 15.8. The molecule has 7 nitrogen and oxygen atoms in total. The van der Waals surface area contributed by atoms with Gasteiger partial charge in [-0.25, -0.2) is 4.68 Å². The van der Waals surface area contributed by atoms with Crippen molar-refractivity contribution >= 4 is 23.3 Å². The number of ether oxygens (including phenoxy) is 2. The van der Waals surface area contributed by atoms with Crippen molar-refractivity contribution in [1.82, 2.24) is 15.1 Å². The van der Waals surface area contributed by atoms with Gasteiger partial charge >= 0.3 is 6.18 Å². The molecule has 0 bridgehead atoms. The molecule has 1 aromatic heterocycles. The van der Waals surface area contributed by atoms with Crippen molar-refractivity contribution in [3.05, 3.63) is 70.4 Å². The zero-order valence-electron chi connectivity index (χ0n) is 17.0. The second-order valence-electron chi connectivity index (χ2n) is 7.77. The van der Waals surface area contributed by atoms with Gasteiger partial charge < -0.3 is 20.1 Å². The Balaban J connectivity index is 1.38. The molecule has 0 unspecified atom stereocenters. The monoisotopic (exact) mass is 478 g/mol. The van der Waals surface area contributed by atoms with E-state index in [1.807, 2.05) is 0 Å². The number of benzene rings is 2. The van der Waals surface area contributed by atoms with Crippen LogP contribution in [0.15, 0.2) is 48.5 Å². The highest BCUT2D eigenvalue weighted by molar-refractivity contribution is 6.30. The molecule has 11 heteroatoms. The van der Waals surface area contributed by atoms with Crippen LogP contribution in [0.25, 0.3) is 0 Å². The molecule has 0 spiro atoms. The minimum Gasteiger partial charge on any atom is -0.454 e. The normalized spacial score (nSPS) is 19.0. The van der Waals surface area contributed by atoms with Crippen LogP contribution in [0.1, 0.15) is 40.1 Å². The van der Waals surface area contributed by atoms with Crippen LogP contribution in [-0.2, 0) is 6.54 Å². The molecule has 2 aliphatic heterocycles. The van der Waals surface area contributed by atoms with E-state index in [1.54, 1.807) is 42.5 Å². The lowest BCUT2D eigenvalue weighted by Crippen LogP contribution is -2.35. The second kappa shape index (κ2) is 8.18. The van der Waals surface area contributed by atoms with Gasteiger partial charge in [-0.3, -0.25) is 4.79 Å². The van der Waals surface area contributed by atoms with E-state index >= 15 is 0 Å².